The number of esters is 1. The monoisotopic (exact) mass is 770 g/mol. The fraction of sp³-hybridized carbons (Fsp3) is 0.351. The number of carbonyl (C=O) groups is 1. The Balaban J connectivity index is 1.18. The van der Waals surface area contributed by atoms with Crippen molar-refractivity contribution < 1.29 is 83.6 Å². The van der Waals surface area contributed by atoms with Gasteiger partial charge in [-0.05, 0) is 48.9 Å². The van der Waals surface area contributed by atoms with Crippen LogP contribution in [0.25, 0.3) is 28.4 Å². The fourth-order valence-corrected chi connectivity index (χ4v) is 6.07. The van der Waals surface area contributed by atoms with Crippen LogP contribution in [0, 0.1) is 0 Å². The van der Waals surface area contributed by atoms with Crippen LogP contribution in [-0.4, -0.2) is 127 Å². The molecular formula is C37H38O18. The Morgan fingerprint density at radius 1 is 0.800 bits per heavy atom. The average Bonchev–Trinajstić information content (AvgIpc) is 3.15. The van der Waals surface area contributed by atoms with Crippen molar-refractivity contribution in [1.29, 1.82) is 0 Å². The van der Waals surface area contributed by atoms with Crippen LogP contribution in [0.2, 0.25) is 0 Å². The molecule has 3 heterocycles. The van der Waals surface area contributed by atoms with Gasteiger partial charge >= 0.3 is 5.97 Å². The highest BCUT2D eigenvalue weighted by Gasteiger charge is 2.49. The number of aliphatic hydroxyl groups excluding tert-OH is 5. The molecule has 1 aromatic heterocycles. The molecular weight excluding hydrogens is 732 g/mol. The van der Waals surface area contributed by atoms with Gasteiger partial charge < -0.3 is 78.8 Å². The summed E-state index contributed by atoms with van der Waals surface area (Å²) in [6.07, 6.45) is -14.2. The van der Waals surface area contributed by atoms with Crippen LogP contribution >= 0.6 is 0 Å². The first-order chi connectivity index (χ1) is 26.2. The lowest BCUT2D eigenvalue weighted by molar-refractivity contribution is -0.319. The van der Waals surface area contributed by atoms with Crippen molar-refractivity contribution in [3.63, 3.8) is 0 Å². The number of benzene rings is 3. The summed E-state index contributed by atoms with van der Waals surface area (Å²) in [7, 11) is 1.27. The number of hydrogen-bond donors (Lipinski definition) is 9. The van der Waals surface area contributed by atoms with E-state index in [9.17, 15) is 55.5 Å². The van der Waals surface area contributed by atoms with Gasteiger partial charge in [-0.25, -0.2) is 4.79 Å². The normalized spacial score (nSPS) is 28.3. The number of aliphatic hydroxyl groups is 5. The zero-order valence-corrected chi connectivity index (χ0v) is 29.0. The smallest absolute Gasteiger partial charge is 0.331 e. The lowest BCUT2D eigenvalue weighted by atomic mass is 9.98. The molecule has 2 fully saturated rings. The van der Waals surface area contributed by atoms with Gasteiger partial charge in [0.2, 0.25) is 17.5 Å². The van der Waals surface area contributed by atoms with Gasteiger partial charge in [0.15, 0.2) is 29.7 Å². The number of methoxy groups -OCH3 is 1. The molecule has 18 nitrogen and oxygen atoms in total. The van der Waals surface area contributed by atoms with Crippen LogP contribution in [0.4, 0.5) is 0 Å². The molecule has 55 heavy (non-hydrogen) atoms. The third kappa shape index (κ3) is 8.16. The van der Waals surface area contributed by atoms with Crippen molar-refractivity contribution in [2.24, 2.45) is 0 Å². The van der Waals surface area contributed by atoms with Crippen molar-refractivity contribution in [2.45, 2.75) is 68.3 Å². The molecule has 6 rings (SSSR count). The topological polar surface area (TPSA) is 285 Å². The maximum atomic E-state index is 13.8. The molecule has 294 valence electrons. The van der Waals surface area contributed by atoms with Gasteiger partial charge in [-0.1, -0.05) is 12.1 Å². The first-order valence-electron chi connectivity index (χ1n) is 16.7. The quantitative estimate of drug-likeness (QED) is 0.0788. The van der Waals surface area contributed by atoms with E-state index in [1.165, 1.54) is 50.4 Å². The van der Waals surface area contributed by atoms with Crippen LogP contribution < -0.4 is 14.9 Å². The summed E-state index contributed by atoms with van der Waals surface area (Å²) in [5, 5.41) is 93.7. The van der Waals surface area contributed by atoms with E-state index in [4.69, 9.17) is 32.8 Å². The van der Waals surface area contributed by atoms with Gasteiger partial charge in [-0.2, -0.15) is 0 Å². The highest BCUT2D eigenvalue weighted by atomic mass is 16.7. The van der Waals surface area contributed by atoms with Crippen LogP contribution in [0.15, 0.2) is 69.9 Å². The zero-order valence-electron chi connectivity index (χ0n) is 29.0. The third-order valence-electron chi connectivity index (χ3n) is 9.02. The first-order valence-corrected chi connectivity index (χ1v) is 16.7. The van der Waals surface area contributed by atoms with E-state index in [2.05, 4.69) is 0 Å². The van der Waals surface area contributed by atoms with Crippen molar-refractivity contribution >= 4 is 23.0 Å². The van der Waals surface area contributed by atoms with Crippen LogP contribution in [0.5, 0.6) is 34.5 Å². The third-order valence-corrected chi connectivity index (χ3v) is 9.02. The average molecular weight is 771 g/mol. The van der Waals surface area contributed by atoms with E-state index < -0.39 is 102 Å². The predicted octanol–water partition coefficient (Wildman–Crippen LogP) is 0.586. The van der Waals surface area contributed by atoms with E-state index >= 15 is 0 Å². The Labute approximate surface area is 310 Å². The highest BCUT2D eigenvalue weighted by Crippen LogP contribution is 2.40. The number of ether oxygens (including phenoxy) is 6. The number of phenolic OH excluding ortho intramolecular Hbond substituents is 4. The summed E-state index contributed by atoms with van der Waals surface area (Å²) in [4.78, 5) is 26.3. The number of carbonyl (C=O) groups excluding carboxylic acids is 1. The molecule has 0 bridgehead atoms. The molecule has 2 aliphatic rings. The molecule has 2 saturated heterocycles. The van der Waals surface area contributed by atoms with Crippen LogP contribution in [0.3, 0.4) is 0 Å². The van der Waals surface area contributed by atoms with E-state index in [0.717, 1.165) is 18.2 Å². The molecule has 10 atom stereocenters. The van der Waals surface area contributed by atoms with Gasteiger partial charge in [0, 0.05) is 23.8 Å². The highest BCUT2D eigenvalue weighted by molar-refractivity contribution is 5.88. The van der Waals surface area contributed by atoms with E-state index in [1.807, 2.05) is 0 Å². The summed E-state index contributed by atoms with van der Waals surface area (Å²) >= 11 is 0. The van der Waals surface area contributed by atoms with Gasteiger partial charge in [0.25, 0.3) is 0 Å². The Kier molecular flexibility index (Phi) is 11.5. The number of rotatable bonds is 10. The first kappa shape index (κ1) is 39.3. The van der Waals surface area contributed by atoms with Gasteiger partial charge in [-0.3, -0.25) is 4.79 Å². The second kappa shape index (κ2) is 16.1. The van der Waals surface area contributed by atoms with Gasteiger partial charge in [-0.15, -0.1) is 0 Å². The van der Waals surface area contributed by atoms with Crippen LogP contribution in [0.1, 0.15) is 12.5 Å². The molecule has 0 saturated carbocycles. The molecule has 0 aliphatic carbocycles. The Hall–Kier alpha value is -5.44. The Morgan fingerprint density at radius 2 is 1.51 bits per heavy atom. The molecule has 9 N–H and O–H groups in total. The Morgan fingerprint density at radius 3 is 2.22 bits per heavy atom. The minimum atomic E-state index is -1.99. The molecule has 3 aromatic carbocycles. The maximum Gasteiger partial charge on any atom is 0.331 e. The number of fused-ring (bicyclic) bond motifs is 1. The molecule has 2 aliphatic heterocycles. The summed E-state index contributed by atoms with van der Waals surface area (Å²) < 4.78 is 39.2. The van der Waals surface area contributed by atoms with Crippen molar-refractivity contribution in [3.8, 4) is 45.8 Å². The van der Waals surface area contributed by atoms with Crippen LogP contribution in [-0.2, 0) is 23.7 Å². The summed E-state index contributed by atoms with van der Waals surface area (Å²) in [5.41, 5.74) is -0.606. The number of hydrogen-bond acceptors (Lipinski definition) is 18. The summed E-state index contributed by atoms with van der Waals surface area (Å²) in [5.74, 6) is -3.23. The second-order valence-corrected chi connectivity index (χ2v) is 12.8. The molecule has 0 spiro atoms. The zero-order chi connectivity index (χ0) is 39.7. The minimum Gasteiger partial charge on any atom is -0.508 e. The second-order valence-electron chi connectivity index (χ2n) is 12.8. The van der Waals surface area contributed by atoms with Crippen molar-refractivity contribution in [3.05, 3.63) is 76.5 Å². The standard InChI is InChI=1S/C37H38O18/c1-15-33(54-25(42)10-5-16-3-7-18(38)8-4-16)30(46)32(48)36(51-15)50-14-24-27(43)29(45)31(47)37(53-24)55-35-28(44)26-21(41)12-19(39)13-23(26)52-34(35)17-6-9-20(40)22(11-17)49-2/h3-13,15,24,27,29-33,36-41,43,45-48H,14H2,1-2H3/b10-5+/t15-,24+,27+,29+,30-,31-,32+,33+,36-,37+/m1/s1. The number of phenols is 4. The lowest BCUT2D eigenvalue weighted by Crippen LogP contribution is -2.62. The molecule has 0 unspecified atom stereocenters. The molecule has 4 aromatic rings. The predicted molar refractivity (Wildman–Crippen MR) is 186 cm³/mol. The van der Waals surface area contributed by atoms with Crippen molar-refractivity contribution in [2.75, 3.05) is 13.7 Å². The van der Waals surface area contributed by atoms with Gasteiger partial charge in [0.05, 0.1) is 19.8 Å². The van der Waals surface area contributed by atoms with Gasteiger partial charge in [0.1, 0.15) is 64.8 Å². The maximum absolute atomic E-state index is 13.8. The summed E-state index contributed by atoms with van der Waals surface area (Å²) in [6.45, 7) is 0.790. The Bertz CT molecular complexity index is 2100. The fourth-order valence-electron chi connectivity index (χ4n) is 6.07. The molecule has 18 heteroatoms. The largest absolute Gasteiger partial charge is 0.508 e. The van der Waals surface area contributed by atoms with E-state index in [1.54, 1.807) is 12.1 Å². The minimum absolute atomic E-state index is 0.0341. The van der Waals surface area contributed by atoms with Crippen molar-refractivity contribution in [1.82, 2.24) is 0 Å². The SMILES string of the molecule is COc1cc(-c2oc3cc(O)cc(O)c3c(=O)c2O[C@@H]2O[C@@H](CO[C@@H]3O[C@H](C)[C@H](OC(=O)/C=C/c4ccc(O)cc4)[C@H](O)[C@@H]3O)[C@H](O)[C@H](O)[C@H]2O)ccc1O. The van der Waals surface area contributed by atoms with E-state index in [-0.39, 0.29) is 34.2 Å². The molecule has 0 amide bonds. The summed E-state index contributed by atoms with van der Waals surface area (Å²) in [6, 6.07) is 11.7. The lowest BCUT2D eigenvalue weighted by Gasteiger charge is -2.43. The molecule has 0 radical (unpaired) electrons. The number of aromatic hydroxyl groups is 4. The van der Waals surface area contributed by atoms with E-state index in [0.29, 0.717) is 5.56 Å².